The first-order chi connectivity index (χ1) is 9.70. The molecule has 0 saturated carbocycles. The zero-order valence-corrected chi connectivity index (χ0v) is 15.5. The first-order valence-electron chi connectivity index (χ1n) is 5.59. The quantitative estimate of drug-likeness (QED) is 0.729. The van der Waals surface area contributed by atoms with E-state index in [1.54, 1.807) is 18.2 Å². The van der Waals surface area contributed by atoms with Gasteiger partial charge < -0.3 is 5.73 Å². The molecule has 9 heteroatoms. The van der Waals surface area contributed by atoms with Crippen molar-refractivity contribution >= 4 is 71.8 Å². The number of thiophene rings is 1. The van der Waals surface area contributed by atoms with Crippen LogP contribution in [0.4, 0.5) is 5.69 Å². The molecular formula is C12H10BrClN2O2S3. The third-order valence-corrected chi connectivity index (χ3v) is 7.14. The molecule has 0 amide bonds. The molecule has 0 spiro atoms. The second-order valence-electron chi connectivity index (χ2n) is 4.19. The largest absolute Gasteiger partial charge is 0.389 e. The Bertz CT molecular complexity index is 798. The molecule has 0 fully saturated rings. The standard InChI is InChI=1S/C12H10BrClN2O2S3/c1-6-4-10(20-11(6)13)21(17,18)16-9-5-7(12(15)19)2-3-8(9)14/h2-5,16H,1H3,(H2,15,19). The third kappa shape index (κ3) is 3.75. The van der Waals surface area contributed by atoms with Crippen molar-refractivity contribution in [1.82, 2.24) is 0 Å². The van der Waals surface area contributed by atoms with Crippen LogP contribution >= 0.6 is 51.1 Å². The topological polar surface area (TPSA) is 72.2 Å². The van der Waals surface area contributed by atoms with Crippen LogP contribution < -0.4 is 10.5 Å². The maximum atomic E-state index is 12.4. The summed E-state index contributed by atoms with van der Waals surface area (Å²) in [5.41, 5.74) is 7.17. The summed E-state index contributed by atoms with van der Waals surface area (Å²) in [5, 5.41) is 0.269. The Balaban J connectivity index is 2.41. The average Bonchev–Trinajstić information content (AvgIpc) is 2.73. The van der Waals surface area contributed by atoms with Gasteiger partial charge in [0.1, 0.15) is 9.20 Å². The van der Waals surface area contributed by atoms with Crippen LogP contribution in [0.15, 0.2) is 32.3 Å². The number of nitrogens with two attached hydrogens (primary N) is 1. The van der Waals surface area contributed by atoms with Gasteiger partial charge in [0.25, 0.3) is 10.0 Å². The van der Waals surface area contributed by atoms with Gasteiger partial charge in [0.05, 0.1) is 14.5 Å². The second kappa shape index (κ2) is 6.21. The molecule has 0 aliphatic rings. The zero-order chi connectivity index (χ0) is 15.8. The van der Waals surface area contributed by atoms with Gasteiger partial charge in [-0.3, -0.25) is 4.72 Å². The van der Waals surface area contributed by atoms with E-state index in [9.17, 15) is 8.42 Å². The molecule has 0 unspecified atom stereocenters. The maximum absolute atomic E-state index is 12.4. The van der Waals surface area contributed by atoms with E-state index >= 15 is 0 Å². The highest BCUT2D eigenvalue weighted by atomic mass is 79.9. The Morgan fingerprint density at radius 2 is 2.10 bits per heavy atom. The fraction of sp³-hybridized carbons (Fsp3) is 0.0833. The van der Waals surface area contributed by atoms with E-state index in [0.717, 1.165) is 20.7 Å². The van der Waals surface area contributed by atoms with Crippen LogP contribution in [-0.4, -0.2) is 13.4 Å². The van der Waals surface area contributed by atoms with Gasteiger partial charge in [-0.25, -0.2) is 8.42 Å². The van der Waals surface area contributed by atoms with Gasteiger partial charge in [0, 0.05) is 5.56 Å². The third-order valence-electron chi connectivity index (χ3n) is 2.59. The molecule has 2 aromatic rings. The Labute approximate surface area is 145 Å². The van der Waals surface area contributed by atoms with Gasteiger partial charge in [0.15, 0.2) is 0 Å². The lowest BCUT2D eigenvalue weighted by atomic mass is 10.2. The number of benzene rings is 1. The van der Waals surface area contributed by atoms with E-state index in [4.69, 9.17) is 29.6 Å². The average molecular weight is 426 g/mol. The Kier molecular flexibility index (Phi) is 4.94. The summed E-state index contributed by atoms with van der Waals surface area (Å²) in [6.07, 6.45) is 0. The van der Waals surface area contributed by atoms with E-state index in [-0.39, 0.29) is 19.9 Å². The molecule has 3 N–H and O–H groups in total. The molecule has 0 bridgehead atoms. The highest BCUT2D eigenvalue weighted by molar-refractivity contribution is 9.11. The lowest BCUT2D eigenvalue weighted by molar-refractivity contribution is 0.603. The smallest absolute Gasteiger partial charge is 0.271 e. The predicted molar refractivity (Wildman–Crippen MR) is 94.9 cm³/mol. The summed E-state index contributed by atoms with van der Waals surface area (Å²) in [4.78, 5) is 0.168. The van der Waals surface area contributed by atoms with Crippen molar-refractivity contribution < 1.29 is 8.42 Å². The van der Waals surface area contributed by atoms with Gasteiger partial charge in [-0.1, -0.05) is 29.9 Å². The van der Waals surface area contributed by atoms with Crippen molar-refractivity contribution in [3.05, 3.63) is 44.2 Å². The van der Waals surface area contributed by atoms with Crippen LogP contribution in [0, 0.1) is 6.92 Å². The molecule has 2 rings (SSSR count). The van der Waals surface area contributed by atoms with E-state index in [2.05, 4.69) is 20.7 Å². The van der Waals surface area contributed by atoms with E-state index in [1.807, 2.05) is 6.92 Å². The predicted octanol–water partition coefficient (Wildman–Crippen LogP) is 3.91. The molecule has 0 radical (unpaired) electrons. The Morgan fingerprint density at radius 3 is 2.62 bits per heavy atom. The number of halogens is 2. The second-order valence-corrected chi connectivity index (χ2v) is 9.31. The van der Waals surface area contributed by atoms with Crippen LogP contribution in [0.5, 0.6) is 0 Å². The highest BCUT2D eigenvalue weighted by Gasteiger charge is 2.20. The number of hydrogen-bond donors (Lipinski definition) is 2. The lowest BCUT2D eigenvalue weighted by Crippen LogP contribution is -2.14. The van der Waals surface area contributed by atoms with Crippen LogP contribution in [0.25, 0.3) is 0 Å². The Morgan fingerprint density at radius 1 is 1.43 bits per heavy atom. The summed E-state index contributed by atoms with van der Waals surface area (Å²) in [6.45, 7) is 1.82. The van der Waals surface area contributed by atoms with Crippen molar-refractivity contribution in [2.45, 2.75) is 11.1 Å². The van der Waals surface area contributed by atoms with Gasteiger partial charge in [-0.2, -0.15) is 0 Å². The van der Waals surface area contributed by atoms with Gasteiger partial charge in [0.2, 0.25) is 0 Å². The number of rotatable bonds is 4. The molecule has 4 nitrogen and oxygen atoms in total. The SMILES string of the molecule is Cc1cc(S(=O)(=O)Nc2cc(C(N)=S)ccc2Cl)sc1Br. The number of thiocarbonyl (C=S) groups is 1. The van der Waals surface area contributed by atoms with Gasteiger partial charge in [-0.05, 0) is 46.6 Å². The van der Waals surface area contributed by atoms with Crippen LogP contribution in [0.3, 0.4) is 0 Å². The summed E-state index contributed by atoms with van der Waals surface area (Å²) in [5.74, 6) is 0. The number of aryl methyl sites for hydroxylation is 1. The van der Waals surface area contributed by atoms with Crippen molar-refractivity contribution in [2.75, 3.05) is 4.72 Å². The fourth-order valence-electron chi connectivity index (χ4n) is 1.52. The number of hydrogen-bond acceptors (Lipinski definition) is 4. The Hall–Kier alpha value is -0.670. The number of anilines is 1. The summed E-state index contributed by atoms with van der Waals surface area (Å²) >= 11 is 15.3. The zero-order valence-electron chi connectivity index (χ0n) is 10.7. The highest BCUT2D eigenvalue weighted by Crippen LogP contribution is 2.33. The molecule has 0 saturated heterocycles. The van der Waals surface area contributed by atoms with Crippen molar-refractivity contribution in [1.29, 1.82) is 0 Å². The molecule has 0 aliphatic carbocycles. The van der Waals surface area contributed by atoms with E-state index < -0.39 is 10.0 Å². The first kappa shape index (κ1) is 16.7. The van der Waals surface area contributed by atoms with Crippen LogP contribution in [-0.2, 0) is 10.0 Å². The van der Waals surface area contributed by atoms with E-state index in [0.29, 0.717) is 5.56 Å². The molecule has 1 aromatic carbocycles. The minimum absolute atomic E-state index is 0.168. The molecule has 0 aliphatic heterocycles. The molecule has 112 valence electrons. The number of nitrogens with one attached hydrogen (secondary N) is 1. The van der Waals surface area contributed by atoms with Crippen molar-refractivity contribution in [3.8, 4) is 0 Å². The fourth-order valence-corrected chi connectivity index (χ4v) is 5.16. The number of sulfonamides is 1. The van der Waals surface area contributed by atoms with E-state index in [1.165, 1.54) is 6.07 Å². The molecule has 1 heterocycles. The summed E-state index contributed by atoms with van der Waals surface area (Å²) < 4.78 is 28.1. The monoisotopic (exact) mass is 424 g/mol. The molecular weight excluding hydrogens is 416 g/mol. The maximum Gasteiger partial charge on any atom is 0.271 e. The van der Waals surface area contributed by atoms with Gasteiger partial charge in [-0.15, -0.1) is 11.3 Å². The summed E-state index contributed by atoms with van der Waals surface area (Å²) in [6, 6.07) is 6.28. The molecule has 21 heavy (non-hydrogen) atoms. The van der Waals surface area contributed by atoms with Gasteiger partial charge >= 0.3 is 0 Å². The molecule has 0 atom stereocenters. The molecule has 1 aromatic heterocycles. The minimum Gasteiger partial charge on any atom is -0.389 e. The van der Waals surface area contributed by atoms with Crippen LogP contribution in [0.1, 0.15) is 11.1 Å². The first-order valence-corrected chi connectivity index (χ1v) is 9.46. The minimum atomic E-state index is -3.71. The summed E-state index contributed by atoms with van der Waals surface area (Å²) in [7, 11) is -3.71. The van der Waals surface area contributed by atoms with Crippen molar-refractivity contribution in [2.24, 2.45) is 5.73 Å². The lowest BCUT2D eigenvalue weighted by Gasteiger charge is -2.09. The van der Waals surface area contributed by atoms with Crippen molar-refractivity contribution in [3.63, 3.8) is 0 Å². The van der Waals surface area contributed by atoms with Crippen LogP contribution in [0.2, 0.25) is 5.02 Å². The normalized spacial score (nSPS) is 11.4.